The second-order valence-electron chi connectivity index (χ2n) is 12.2. The van der Waals surface area contributed by atoms with Crippen LogP contribution in [0, 0.1) is 6.92 Å². The molecule has 0 saturated carbocycles. The molecule has 0 aliphatic carbocycles. The zero-order valence-corrected chi connectivity index (χ0v) is 22.8. The Hall–Kier alpha value is -1.82. The van der Waals surface area contributed by atoms with Crippen molar-refractivity contribution in [2.45, 2.75) is 118 Å². The fourth-order valence-corrected chi connectivity index (χ4v) is 4.98. The van der Waals surface area contributed by atoms with Gasteiger partial charge in [0.25, 0.3) is 0 Å². The van der Waals surface area contributed by atoms with Crippen LogP contribution in [0.5, 0.6) is 0 Å². The lowest BCUT2D eigenvalue weighted by Crippen LogP contribution is -2.20. The van der Waals surface area contributed by atoms with Gasteiger partial charge in [0.05, 0.1) is 0 Å². The van der Waals surface area contributed by atoms with Crippen molar-refractivity contribution in [2.24, 2.45) is 0 Å². The van der Waals surface area contributed by atoms with Crippen LogP contribution in [0.4, 0.5) is 0 Å². The number of hydrogen-bond donors (Lipinski definition) is 0. The second-order valence-corrected chi connectivity index (χ2v) is 12.2. The molecule has 0 spiro atoms. The SMILES string of the molecule is C=Cc1cc(C(C)C)c(C)cc1C(C)(C)CCC(C)c1cc(C(C)(C)C)ccc1C(C)C. The quantitative estimate of drug-likeness (QED) is 0.389. The molecule has 0 aromatic heterocycles. The first-order valence-electron chi connectivity index (χ1n) is 12.6. The van der Waals surface area contributed by atoms with Crippen LogP contribution in [0.25, 0.3) is 6.08 Å². The first kappa shape index (κ1) is 26.4. The number of rotatable bonds is 8. The van der Waals surface area contributed by atoms with E-state index in [1.807, 2.05) is 0 Å². The molecule has 2 rings (SSSR count). The molecule has 0 aliphatic heterocycles. The van der Waals surface area contributed by atoms with Crippen molar-refractivity contribution >= 4 is 6.08 Å². The predicted octanol–water partition coefficient (Wildman–Crippen LogP) is 10.0. The summed E-state index contributed by atoms with van der Waals surface area (Å²) in [6.45, 7) is 29.8. The highest BCUT2D eigenvalue weighted by Gasteiger charge is 2.26. The third kappa shape index (κ3) is 5.94. The molecule has 0 bridgehead atoms. The van der Waals surface area contributed by atoms with Gasteiger partial charge in [-0.15, -0.1) is 0 Å². The van der Waals surface area contributed by atoms with Gasteiger partial charge in [0.2, 0.25) is 0 Å². The van der Waals surface area contributed by atoms with Crippen molar-refractivity contribution in [2.75, 3.05) is 0 Å². The molecule has 2 aromatic rings. The zero-order valence-electron chi connectivity index (χ0n) is 22.8. The van der Waals surface area contributed by atoms with Crippen molar-refractivity contribution in [3.63, 3.8) is 0 Å². The van der Waals surface area contributed by atoms with Crippen molar-refractivity contribution < 1.29 is 0 Å². The van der Waals surface area contributed by atoms with Crippen LogP contribution in [-0.2, 0) is 10.8 Å². The molecule has 176 valence electrons. The molecule has 0 heterocycles. The van der Waals surface area contributed by atoms with E-state index >= 15 is 0 Å². The lowest BCUT2D eigenvalue weighted by Gasteiger charge is -2.31. The van der Waals surface area contributed by atoms with Gasteiger partial charge in [0.15, 0.2) is 0 Å². The molecular formula is C32H48. The summed E-state index contributed by atoms with van der Waals surface area (Å²) < 4.78 is 0. The Morgan fingerprint density at radius 3 is 1.91 bits per heavy atom. The molecule has 1 atom stereocenters. The van der Waals surface area contributed by atoms with Crippen LogP contribution in [0.15, 0.2) is 36.9 Å². The molecule has 0 amide bonds. The van der Waals surface area contributed by atoms with Gasteiger partial charge >= 0.3 is 0 Å². The lowest BCUT2D eigenvalue weighted by atomic mass is 9.73. The van der Waals surface area contributed by atoms with Crippen molar-refractivity contribution in [3.05, 3.63) is 75.9 Å². The molecular weight excluding hydrogens is 384 g/mol. The molecule has 0 saturated heterocycles. The van der Waals surface area contributed by atoms with Gasteiger partial charge in [-0.05, 0) is 87.3 Å². The van der Waals surface area contributed by atoms with Crippen LogP contribution in [0.3, 0.4) is 0 Å². The largest absolute Gasteiger partial charge is 0.0985 e. The van der Waals surface area contributed by atoms with E-state index in [-0.39, 0.29) is 10.8 Å². The summed E-state index contributed by atoms with van der Waals surface area (Å²) in [5.41, 5.74) is 10.4. The first-order chi connectivity index (χ1) is 14.7. The van der Waals surface area contributed by atoms with Crippen LogP contribution in [0.2, 0.25) is 0 Å². The Balaban J connectivity index is 2.36. The third-order valence-corrected chi connectivity index (χ3v) is 7.32. The van der Waals surface area contributed by atoms with Crippen LogP contribution < -0.4 is 0 Å². The third-order valence-electron chi connectivity index (χ3n) is 7.32. The van der Waals surface area contributed by atoms with E-state index in [4.69, 9.17) is 0 Å². The van der Waals surface area contributed by atoms with Crippen molar-refractivity contribution in [1.82, 2.24) is 0 Å². The zero-order chi connectivity index (χ0) is 24.4. The molecule has 0 radical (unpaired) electrons. The predicted molar refractivity (Wildman–Crippen MR) is 145 cm³/mol. The van der Waals surface area contributed by atoms with Crippen LogP contribution in [0.1, 0.15) is 139 Å². The van der Waals surface area contributed by atoms with E-state index in [2.05, 4.69) is 119 Å². The molecule has 1 unspecified atom stereocenters. The van der Waals surface area contributed by atoms with Gasteiger partial charge in [0.1, 0.15) is 0 Å². The summed E-state index contributed by atoms with van der Waals surface area (Å²) in [6.07, 6.45) is 4.39. The fraction of sp³-hybridized carbons (Fsp3) is 0.562. The molecule has 0 heteroatoms. The Kier molecular flexibility index (Phi) is 8.25. The van der Waals surface area contributed by atoms with Crippen LogP contribution in [-0.4, -0.2) is 0 Å². The minimum atomic E-state index is 0.109. The molecule has 0 nitrogen and oxygen atoms in total. The van der Waals surface area contributed by atoms with Gasteiger partial charge in [-0.3, -0.25) is 0 Å². The van der Waals surface area contributed by atoms with Crippen LogP contribution >= 0.6 is 0 Å². The number of aryl methyl sites for hydroxylation is 1. The Bertz CT molecular complexity index is 931. The fourth-order valence-electron chi connectivity index (χ4n) is 4.98. The normalized spacial score (nSPS) is 13.7. The number of benzene rings is 2. The minimum Gasteiger partial charge on any atom is -0.0985 e. The summed E-state index contributed by atoms with van der Waals surface area (Å²) in [7, 11) is 0. The lowest BCUT2D eigenvalue weighted by molar-refractivity contribution is 0.437. The van der Waals surface area contributed by atoms with Gasteiger partial charge in [0, 0.05) is 0 Å². The summed E-state index contributed by atoms with van der Waals surface area (Å²) in [6, 6.07) is 12.0. The summed E-state index contributed by atoms with van der Waals surface area (Å²) in [5.74, 6) is 1.63. The maximum atomic E-state index is 4.14. The van der Waals surface area contributed by atoms with Gasteiger partial charge in [-0.1, -0.05) is 112 Å². The number of hydrogen-bond acceptors (Lipinski definition) is 0. The average Bonchev–Trinajstić information content (AvgIpc) is 2.70. The van der Waals surface area contributed by atoms with E-state index in [1.165, 1.54) is 39.8 Å². The van der Waals surface area contributed by atoms with Crippen molar-refractivity contribution in [1.29, 1.82) is 0 Å². The molecule has 0 aliphatic rings. The van der Waals surface area contributed by atoms with E-state index < -0.39 is 0 Å². The topological polar surface area (TPSA) is 0 Å². The van der Waals surface area contributed by atoms with E-state index in [1.54, 1.807) is 5.56 Å². The van der Waals surface area contributed by atoms with E-state index in [0.717, 1.165) is 6.42 Å². The molecule has 0 N–H and O–H groups in total. The monoisotopic (exact) mass is 432 g/mol. The maximum Gasteiger partial charge on any atom is -0.00973 e. The minimum absolute atomic E-state index is 0.109. The molecule has 0 fully saturated rings. The average molecular weight is 433 g/mol. The Labute approximate surface area is 199 Å². The molecule has 32 heavy (non-hydrogen) atoms. The summed E-state index contributed by atoms with van der Waals surface area (Å²) >= 11 is 0. The highest BCUT2D eigenvalue weighted by Crippen LogP contribution is 2.39. The smallest absolute Gasteiger partial charge is 0.00973 e. The highest BCUT2D eigenvalue weighted by molar-refractivity contribution is 5.57. The maximum absolute atomic E-state index is 4.14. The van der Waals surface area contributed by atoms with Gasteiger partial charge in [-0.25, -0.2) is 0 Å². The van der Waals surface area contributed by atoms with Crippen molar-refractivity contribution in [3.8, 4) is 0 Å². The van der Waals surface area contributed by atoms with E-state index in [9.17, 15) is 0 Å². The standard InChI is InChI=1S/C32H48/c1-13-25-19-28(22(4)5)24(7)18-30(25)32(11,12)17-16-23(6)29-20-26(31(8,9)10)14-15-27(29)21(2)3/h13-15,18-23H,1,16-17H2,2-12H3. The first-order valence-corrected chi connectivity index (χ1v) is 12.6. The van der Waals surface area contributed by atoms with Gasteiger partial charge in [-0.2, -0.15) is 0 Å². The Morgan fingerprint density at radius 1 is 0.812 bits per heavy atom. The Morgan fingerprint density at radius 2 is 1.41 bits per heavy atom. The van der Waals surface area contributed by atoms with E-state index in [0.29, 0.717) is 17.8 Å². The summed E-state index contributed by atoms with van der Waals surface area (Å²) in [4.78, 5) is 0. The molecule has 2 aromatic carbocycles. The highest BCUT2D eigenvalue weighted by atomic mass is 14.3. The van der Waals surface area contributed by atoms with Gasteiger partial charge < -0.3 is 0 Å². The summed E-state index contributed by atoms with van der Waals surface area (Å²) in [5, 5.41) is 0. The second kappa shape index (κ2) is 9.98.